The Morgan fingerprint density at radius 3 is 3.08 bits per heavy atom. The third-order valence-corrected chi connectivity index (χ3v) is 7.68. The maximum absolute atomic E-state index is 12.7. The van der Waals surface area contributed by atoms with E-state index in [1.807, 2.05) is 18.2 Å². The molecular weight excluding hydrogens is 550 g/mol. The van der Waals surface area contributed by atoms with Crippen molar-refractivity contribution in [3.8, 4) is 11.8 Å². The van der Waals surface area contributed by atoms with Gasteiger partial charge in [0.25, 0.3) is 0 Å². The standard InChI is InChI=1S/C26H26BrN9O2/c27-23-21-13-32-26(33-18-4-3-16(8-18)25(37)31-12-19-14-38-7-6-29-19)34-24(21)36(35-23)20-9-15-2-1-5-30-22(15)17(10-20)11-28/h1-2,5,9-10,13,16,18-19,29H,3-4,6-8,12,14H2,(H,31,37)(H,32,33,34)/t16-,18-,19-/m1/s1. The molecule has 11 nitrogen and oxygen atoms in total. The molecule has 1 amide bonds. The summed E-state index contributed by atoms with van der Waals surface area (Å²) in [6.07, 6.45) is 5.79. The molecule has 1 saturated heterocycles. The summed E-state index contributed by atoms with van der Waals surface area (Å²) in [6.45, 7) is 2.72. The molecule has 1 aliphatic heterocycles. The lowest BCUT2D eigenvalue weighted by molar-refractivity contribution is -0.125. The van der Waals surface area contributed by atoms with Crippen LogP contribution in [0, 0.1) is 17.2 Å². The van der Waals surface area contributed by atoms with Crippen molar-refractivity contribution in [2.24, 2.45) is 5.92 Å². The summed E-state index contributed by atoms with van der Waals surface area (Å²) < 4.78 is 7.77. The molecule has 0 spiro atoms. The summed E-state index contributed by atoms with van der Waals surface area (Å²) in [6, 6.07) is 9.94. The predicted molar refractivity (Wildman–Crippen MR) is 145 cm³/mol. The number of carbonyl (C=O) groups is 1. The Labute approximate surface area is 227 Å². The van der Waals surface area contributed by atoms with E-state index in [0.29, 0.717) is 59.1 Å². The van der Waals surface area contributed by atoms with Crippen LogP contribution < -0.4 is 16.0 Å². The molecule has 1 aliphatic carbocycles. The van der Waals surface area contributed by atoms with Crippen molar-refractivity contribution in [2.75, 3.05) is 31.6 Å². The van der Waals surface area contributed by atoms with Gasteiger partial charge in [-0.25, -0.2) is 9.67 Å². The van der Waals surface area contributed by atoms with Crippen LogP contribution in [0.3, 0.4) is 0 Å². The van der Waals surface area contributed by atoms with Gasteiger partial charge in [0.15, 0.2) is 5.65 Å². The Morgan fingerprint density at radius 2 is 2.24 bits per heavy atom. The first-order valence-corrected chi connectivity index (χ1v) is 13.4. The van der Waals surface area contributed by atoms with Crippen molar-refractivity contribution in [3.63, 3.8) is 0 Å². The summed E-state index contributed by atoms with van der Waals surface area (Å²) in [7, 11) is 0. The third kappa shape index (κ3) is 4.92. The number of nitrogens with zero attached hydrogens (tertiary/aromatic N) is 6. The lowest BCUT2D eigenvalue weighted by Crippen LogP contribution is -2.49. The van der Waals surface area contributed by atoms with Crippen molar-refractivity contribution in [3.05, 3.63) is 46.8 Å². The number of rotatable bonds is 6. The number of ether oxygens (including phenoxy) is 1. The van der Waals surface area contributed by atoms with Crippen LogP contribution in [-0.4, -0.2) is 69.0 Å². The second kappa shape index (κ2) is 10.6. The van der Waals surface area contributed by atoms with Crippen molar-refractivity contribution in [1.82, 2.24) is 35.4 Å². The van der Waals surface area contributed by atoms with Gasteiger partial charge in [-0.05, 0) is 53.4 Å². The van der Waals surface area contributed by atoms with E-state index in [9.17, 15) is 10.1 Å². The smallest absolute Gasteiger partial charge is 0.224 e. The Balaban J connectivity index is 1.19. The van der Waals surface area contributed by atoms with Crippen LogP contribution in [0.1, 0.15) is 24.8 Å². The van der Waals surface area contributed by atoms with Crippen LogP contribution >= 0.6 is 15.9 Å². The molecule has 0 bridgehead atoms. The highest BCUT2D eigenvalue weighted by molar-refractivity contribution is 9.10. The molecule has 1 aromatic carbocycles. The molecule has 3 atom stereocenters. The summed E-state index contributed by atoms with van der Waals surface area (Å²) in [5.41, 5.74) is 2.43. The molecule has 38 heavy (non-hydrogen) atoms. The number of anilines is 1. The number of benzene rings is 1. The molecule has 194 valence electrons. The zero-order valence-electron chi connectivity index (χ0n) is 20.5. The average molecular weight is 576 g/mol. The van der Waals surface area contributed by atoms with E-state index in [-0.39, 0.29) is 23.9 Å². The Kier molecular flexibility index (Phi) is 6.88. The van der Waals surface area contributed by atoms with Crippen molar-refractivity contribution < 1.29 is 9.53 Å². The van der Waals surface area contributed by atoms with Gasteiger partial charge < -0.3 is 20.7 Å². The Hall–Kier alpha value is -3.66. The molecule has 0 unspecified atom stereocenters. The highest BCUT2D eigenvalue weighted by atomic mass is 79.9. The van der Waals surface area contributed by atoms with Gasteiger partial charge in [-0.1, -0.05) is 6.07 Å². The minimum atomic E-state index is -0.0453. The van der Waals surface area contributed by atoms with Crippen LogP contribution in [0.5, 0.6) is 0 Å². The van der Waals surface area contributed by atoms with Crippen molar-refractivity contribution >= 4 is 49.7 Å². The number of nitrogens with one attached hydrogen (secondary N) is 3. The fraction of sp³-hybridized carbons (Fsp3) is 0.385. The predicted octanol–water partition coefficient (Wildman–Crippen LogP) is 2.68. The van der Waals surface area contributed by atoms with E-state index in [4.69, 9.17) is 9.72 Å². The van der Waals surface area contributed by atoms with E-state index < -0.39 is 0 Å². The van der Waals surface area contributed by atoms with Crippen LogP contribution in [-0.2, 0) is 9.53 Å². The highest BCUT2D eigenvalue weighted by Gasteiger charge is 2.31. The quantitative estimate of drug-likeness (QED) is 0.316. The van der Waals surface area contributed by atoms with Crippen LogP contribution in [0.25, 0.3) is 27.6 Å². The molecule has 6 rings (SSSR count). The minimum absolute atomic E-state index is 0.0453. The zero-order chi connectivity index (χ0) is 26.1. The number of hydrogen-bond donors (Lipinski definition) is 3. The maximum Gasteiger partial charge on any atom is 0.224 e. The third-order valence-electron chi connectivity index (χ3n) is 7.09. The fourth-order valence-electron chi connectivity index (χ4n) is 5.15. The molecule has 4 aromatic rings. The summed E-state index contributed by atoms with van der Waals surface area (Å²) in [5, 5.41) is 25.7. The van der Waals surface area contributed by atoms with Gasteiger partial charge in [-0.15, -0.1) is 0 Å². The first kappa shape index (κ1) is 24.7. The number of amides is 1. The molecule has 2 aliphatic rings. The van der Waals surface area contributed by atoms with E-state index >= 15 is 0 Å². The van der Waals surface area contributed by atoms with E-state index in [1.54, 1.807) is 23.1 Å². The SMILES string of the molecule is N#Cc1cc(-n2nc(Br)c3cnc(N[C@@H]4CC[C@@H](C(=O)NC[C@@H]5COCCN5)C4)nc32)cc2cccnc12. The number of halogens is 1. The zero-order valence-corrected chi connectivity index (χ0v) is 22.1. The van der Waals surface area contributed by atoms with Crippen molar-refractivity contribution in [2.45, 2.75) is 31.3 Å². The number of pyridine rings is 1. The molecule has 1 saturated carbocycles. The van der Waals surface area contributed by atoms with Gasteiger partial charge in [0.1, 0.15) is 10.7 Å². The van der Waals surface area contributed by atoms with E-state index in [0.717, 1.165) is 30.2 Å². The van der Waals surface area contributed by atoms with E-state index in [1.165, 1.54) is 0 Å². The second-order valence-electron chi connectivity index (χ2n) is 9.64. The van der Waals surface area contributed by atoms with Gasteiger partial charge in [0, 0.05) is 48.9 Å². The molecule has 4 heterocycles. The number of fused-ring (bicyclic) bond motifs is 2. The van der Waals surface area contributed by atoms with E-state index in [2.05, 4.69) is 53.0 Å². The first-order valence-electron chi connectivity index (χ1n) is 12.6. The lowest BCUT2D eigenvalue weighted by atomic mass is 10.1. The molecule has 3 aromatic heterocycles. The Bertz CT molecular complexity index is 1540. The number of morpholine rings is 1. The van der Waals surface area contributed by atoms with Gasteiger partial charge in [0.2, 0.25) is 11.9 Å². The van der Waals surface area contributed by atoms with Crippen LogP contribution in [0.2, 0.25) is 0 Å². The van der Waals surface area contributed by atoms with Crippen LogP contribution in [0.15, 0.2) is 41.3 Å². The fourth-order valence-corrected chi connectivity index (χ4v) is 5.59. The lowest BCUT2D eigenvalue weighted by Gasteiger charge is -2.24. The molecule has 3 N–H and O–H groups in total. The monoisotopic (exact) mass is 575 g/mol. The van der Waals surface area contributed by atoms with Gasteiger partial charge in [-0.3, -0.25) is 9.78 Å². The molecule has 2 fully saturated rings. The summed E-state index contributed by atoms with van der Waals surface area (Å²) >= 11 is 3.51. The second-order valence-corrected chi connectivity index (χ2v) is 10.4. The number of hydrogen-bond acceptors (Lipinski definition) is 9. The number of aromatic nitrogens is 5. The first-order chi connectivity index (χ1) is 18.6. The van der Waals surface area contributed by atoms with Crippen LogP contribution in [0.4, 0.5) is 5.95 Å². The number of nitriles is 1. The van der Waals surface area contributed by atoms with Gasteiger partial charge in [0.05, 0.1) is 35.4 Å². The van der Waals surface area contributed by atoms with Gasteiger partial charge >= 0.3 is 0 Å². The summed E-state index contributed by atoms with van der Waals surface area (Å²) in [5.74, 6) is 0.513. The van der Waals surface area contributed by atoms with Gasteiger partial charge in [-0.2, -0.15) is 15.3 Å². The van der Waals surface area contributed by atoms with Crippen molar-refractivity contribution in [1.29, 1.82) is 5.26 Å². The molecule has 12 heteroatoms. The molecular formula is C26H26BrN9O2. The number of carbonyl (C=O) groups excluding carboxylic acids is 1. The summed E-state index contributed by atoms with van der Waals surface area (Å²) in [4.78, 5) is 26.3. The Morgan fingerprint density at radius 1 is 1.32 bits per heavy atom. The topological polar surface area (TPSA) is 143 Å². The minimum Gasteiger partial charge on any atom is -0.378 e. The highest BCUT2D eigenvalue weighted by Crippen LogP contribution is 2.30. The maximum atomic E-state index is 12.7. The molecule has 0 radical (unpaired) electrons. The average Bonchev–Trinajstić information content (AvgIpc) is 3.56. The normalized spacial score (nSPS) is 21.4. The largest absolute Gasteiger partial charge is 0.378 e.